The molecule has 0 aromatic heterocycles. The Morgan fingerprint density at radius 2 is 2.06 bits per heavy atom. The molecule has 2 aliphatic rings. The molecule has 1 saturated heterocycles. The van der Waals surface area contributed by atoms with E-state index in [1.54, 1.807) is 0 Å². The van der Waals surface area contributed by atoms with Crippen LogP contribution in [0.3, 0.4) is 0 Å². The topological polar surface area (TPSA) is 41.3 Å². The van der Waals surface area contributed by atoms with Gasteiger partial charge in [-0.1, -0.05) is 12.8 Å². The van der Waals surface area contributed by atoms with E-state index in [0.29, 0.717) is 6.04 Å². The van der Waals surface area contributed by atoms with Crippen LogP contribution in [0, 0.1) is 5.92 Å². The van der Waals surface area contributed by atoms with Crippen LogP contribution < -0.4 is 11.1 Å². The lowest BCUT2D eigenvalue weighted by Crippen LogP contribution is -2.47. The first-order chi connectivity index (χ1) is 7.81. The van der Waals surface area contributed by atoms with Crippen LogP contribution in [0.1, 0.15) is 38.5 Å². The molecule has 1 aliphatic carbocycles. The van der Waals surface area contributed by atoms with Crippen molar-refractivity contribution in [3.63, 3.8) is 0 Å². The molecule has 2 fully saturated rings. The summed E-state index contributed by atoms with van der Waals surface area (Å²) in [5, 5.41) is 3.76. The highest BCUT2D eigenvalue weighted by atomic mass is 15.2. The average Bonchev–Trinajstić information content (AvgIpc) is 2.75. The van der Waals surface area contributed by atoms with Gasteiger partial charge in [0, 0.05) is 18.6 Å². The van der Waals surface area contributed by atoms with Gasteiger partial charge in [0.2, 0.25) is 0 Å². The SMILES string of the molecule is CN1CCCCC1CNC1CCCC1CN. The highest BCUT2D eigenvalue weighted by Crippen LogP contribution is 2.25. The predicted molar refractivity (Wildman–Crippen MR) is 68.5 cm³/mol. The number of nitrogens with two attached hydrogens (primary N) is 1. The summed E-state index contributed by atoms with van der Waals surface area (Å²) in [7, 11) is 2.26. The zero-order valence-corrected chi connectivity index (χ0v) is 10.6. The first kappa shape index (κ1) is 12.3. The van der Waals surface area contributed by atoms with Gasteiger partial charge in [-0.3, -0.25) is 0 Å². The van der Waals surface area contributed by atoms with Crippen molar-refractivity contribution in [2.24, 2.45) is 11.7 Å². The minimum atomic E-state index is 0.695. The monoisotopic (exact) mass is 225 g/mol. The Kier molecular flexibility index (Phi) is 4.62. The lowest BCUT2D eigenvalue weighted by molar-refractivity contribution is 0.175. The van der Waals surface area contributed by atoms with E-state index in [9.17, 15) is 0 Å². The molecule has 3 heteroatoms. The number of hydrogen-bond acceptors (Lipinski definition) is 3. The van der Waals surface area contributed by atoms with Crippen LogP contribution in [0.2, 0.25) is 0 Å². The van der Waals surface area contributed by atoms with E-state index >= 15 is 0 Å². The fraction of sp³-hybridized carbons (Fsp3) is 1.00. The van der Waals surface area contributed by atoms with E-state index in [1.807, 2.05) is 0 Å². The van der Waals surface area contributed by atoms with Crippen molar-refractivity contribution in [2.75, 3.05) is 26.7 Å². The van der Waals surface area contributed by atoms with E-state index in [0.717, 1.165) is 25.0 Å². The predicted octanol–water partition coefficient (Wildman–Crippen LogP) is 1.19. The maximum atomic E-state index is 5.81. The number of piperidine rings is 1. The molecule has 2 rings (SSSR count). The fourth-order valence-corrected chi connectivity index (χ4v) is 3.28. The zero-order chi connectivity index (χ0) is 11.4. The summed E-state index contributed by atoms with van der Waals surface area (Å²) in [6.07, 6.45) is 8.17. The Balaban J connectivity index is 1.73. The number of rotatable bonds is 4. The molecule has 0 amide bonds. The molecule has 3 N–H and O–H groups in total. The molecule has 1 aliphatic heterocycles. The van der Waals surface area contributed by atoms with E-state index < -0.39 is 0 Å². The summed E-state index contributed by atoms with van der Waals surface area (Å²) in [6.45, 7) is 3.30. The van der Waals surface area contributed by atoms with Crippen LogP contribution in [0.25, 0.3) is 0 Å². The van der Waals surface area contributed by atoms with Crippen LogP contribution >= 0.6 is 0 Å². The molecule has 0 radical (unpaired) electrons. The molecule has 0 bridgehead atoms. The molecule has 16 heavy (non-hydrogen) atoms. The minimum Gasteiger partial charge on any atom is -0.330 e. The van der Waals surface area contributed by atoms with Gasteiger partial charge in [0.15, 0.2) is 0 Å². The summed E-state index contributed by atoms with van der Waals surface area (Å²) in [5.41, 5.74) is 5.81. The van der Waals surface area contributed by atoms with Gasteiger partial charge in [-0.05, 0) is 51.7 Å². The molecule has 0 spiro atoms. The molecule has 0 aromatic rings. The van der Waals surface area contributed by atoms with Gasteiger partial charge < -0.3 is 16.0 Å². The van der Waals surface area contributed by atoms with E-state index in [1.165, 1.54) is 45.1 Å². The Morgan fingerprint density at radius 3 is 2.81 bits per heavy atom. The average molecular weight is 225 g/mol. The summed E-state index contributed by atoms with van der Waals surface area (Å²) in [4.78, 5) is 2.52. The summed E-state index contributed by atoms with van der Waals surface area (Å²) in [5.74, 6) is 0.730. The van der Waals surface area contributed by atoms with Crippen molar-refractivity contribution in [2.45, 2.75) is 50.6 Å². The Labute approximate surface area is 99.8 Å². The molecule has 0 aromatic carbocycles. The van der Waals surface area contributed by atoms with Crippen molar-refractivity contribution < 1.29 is 0 Å². The van der Waals surface area contributed by atoms with Crippen LogP contribution in [-0.4, -0.2) is 43.7 Å². The number of likely N-dealkylation sites (N-methyl/N-ethyl adjacent to an activating group) is 1. The molecule has 1 saturated carbocycles. The molecule has 1 heterocycles. The summed E-state index contributed by atoms with van der Waals surface area (Å²) >= 11 is 0. The standard InChI is InChI=1S/C13H27N3/c1-16-8-3-2-6-12(16)10-15-13-7-4-5-11(13)9-14/h11-13,15H,2-10,14H2,1H3. The van der Waals surface area contributed by atoms with Crippen LogP contribution in [0.4, 0.5) is 0 Å². The number of nitrogens with one attached hydrogen (secondary N) is 1. The summed E-state index contributed by atoms with van der Waals surface area (Å²) in [6, 6.07) is 1.45. The molecule has 3 nitrogen and oxygen atoms in total. The third kappa shape index (κ3) is 2.96. The van der Waals surface area contributed by atoms with Gasteiger partial charge in [0.05, 0.1) is 0 Å². The second-order valence-electron chi connectivity index (χ2n) is 5.57. The van der Waals surface area contributed by atoms with E-state index in [4.69, 9.17) is 5.73 Å². The maximum absolute atomic E-state index is 5.81. The van der Waals surface area contributed by atoms with Crippen molar-refractivity contribution in [1.29, 1.82) is 0 Å². The molecule has 3 unspecified atom stereocenters. The third-order valence-electron chi connectivity index (χ3n) is 4.50. The van der Waals surface area contributed by atoms with Crippen molar-refractivity contribution in [1.82, 2.24) is 10.2 Å². The van der Waals surface area contributed by atoms with Crippen molar-refractivity contribution >= 4 is 0 Å². The number of hydrogen-bond donors (Lipinski definition) is 2. The zero-order valence-electron chi connectivity index (χ0n) is 10.6. The molecular weight excluding hydrogens is 198 g/mol. The third-order valence-corrected chi connectivity index (χ3v) is 4.50. The number of likely N-dealkylation sites (tertiary alicyclic amines) is 1. The molecule has 94 valence electrons. The Morgan fingerprint density at radius 1 is 1.19 bits per heavy atom. The molecule has 3 atom stereocenters. The fourth-order valence-electron chi connectivity index (χ4n) is 3.28. The first-order valence-corrected chi connectivity index (χ1v) is 6.95. The normalized spacial score (nSPS) is 36.8. The van der Waals surface area contributed by atoms with Crippen molar-refractivity contribution in [3.05, 3.63) is 0 Å². The smallest absolute Gasteiger partial charge is 0.0217 e. The molecular formula is C13H27N3. The second-order valence-corrected chi connectivity index (χ2v) is 5.57. The van der Waals surface area contributed by atoms with E-state index in [-0.39, 0.29) is 0 Å². The Hall–Kier alpha value is -0.120. The Bertz CT molecular complexity index is 205. The highest BCUT2D eigenvalue weighted by molar-refractivity contribution is 4.86. The van der Waals surface area contributed by atoms with Crippen LogP contribution in [0.5, 0.6) is 0 Å². The first-order valence-electron chi connectivity index (χ1n) is 6.95. The van der Waals surface area contributed by atoms with Gasteiger partial charge in [0.1, 0.15) is 0 Å². The van der Waals surface area contributed by atoms with Crippen molar-refractivity contribution in [3.8, 4) is 0 Å². The largest absolute Gasteiger partial charge is 0.330 e. The van der Waals surface area contributed by atoms with Gasteiger partial charge in [-0.2, -0.15) is 0 Å². The van der Waals surface area contributed by atoms with E-state index in [2.05, 4.69) is 17.3 Å². The number of nitrogens with zero attached hydrogens (tertiary/aromatic N) is 1. The van der Waals surface area contributed by atoms with Crippen LogP contribution in [0.15, 0.2) is 0 Å². The minimum absolute atomic E-state index is 0.695. The lowest BCUT2D eigenvalue weighted by Gasteiger charge is -2.34. The second kappa shape index (κ2) is 5.99. The van der Waals surface area contributed by atoms with Gasteiger partial charge in [-0.25, -0.2) is 0 Å². The quantitative estimate of drug-likeness (QED) is 0.755. The highest BCUT2D eigenvalue weighted by Gasteiger charge is 2.27. The maximum Gasteiger partial charge on any atom is 0.0217 e. The lowest BCUT2D eigenvalue weighted by atomic mass is 10.0. The van der Waals surface area contributed by atoms with Gasteiger partial charge >= 0.3 is 0 Å². The van der Waals surface area contributed by atoms with Gasteiger partial charge in [-0.15, -0.1) is 0 Å². The summed E-state index contributed by atoms with van der Waals surface area (Å²) < 4.78 is 0. The van der Waals surface area contributed by atoms with Crippen LogP contribution in [-0.2, 0) is 0 Å². The van der Waals surface area contributed by atoms with Gasteiger partial charge in [0.25, 0.3) is 0 Å².